The number of imidazole rings is 1. The van der Waals surface area contributed by atoms with Gasteiger partial charge in [0.15, 0.2) is 0 Å². The fourth-order valence-electron chi connectivity index (χ4n) is 2.57. The number of fused-ring (bicyclic) bond motifs is 1. The zero-order valence-corrected chi connectivity index (χ0v) is 11.3. The van der Waals surface area contributed by atoms with Crippen molar-refractivity contribution >= 4 is 11.6 Å². The Kier molecular flexibility index (Phi) is 3.66. The summed E-state index contributed by atoms with van der Waals surface area (Å²) in [5.74, 6) is 0.0207. The quantitative estimate of drug-likeness (QED) is 0.861. The number of carbonyl (C=O) groups excluding carboxylic acids is 1. The van der Waals surface area contributed by atoms with Gasteiger partial charge in [0.1, 0.15) is 11.3 Å². The smallest absolute Gasteiger partial charge is 0.272 e. The molecule has 0 unspecified atom stereocenters. The first-order chi connectivity index (χ1) is 9.79. The second-order valence-corrected chi connectivity index (χ2v) is 4.93. The van der Waals surface area contributed by atoms with Crippen molar-refractivity contribution in [1.82, 2.24) is 19.2 Å². The number of pyridine rings is 1. The molecule has 20 heavy (non-hydrogen) atoms. The SMILES string of the molecule is O=C(c1cnc2ccccn12)N1CCN(CCO)CC1. The minimum absolute atomic E-state index is 0.0207. The van der Waals surface area contributed by atoms with Gasteiger partial charge in [0.05, 0.1) is 12.8 Å². The van der Waals surface area contributed by atoms with Gasteiger partial charge in [0, 0.05) is 38.9 Å². The van der Waals surface area contributed by atoms with Crippen molar-refractivity contribution in [2.75, 3.05) is 39.3 Å². The zero-order valence-electron chi connectivity index (χ0n) is 11.3. The van der Waals surface area contributed by atoms with E-state index < -0.39 is 0 Å². The van der Waals surface area contributed by atoms with E-state index in [-0.39, 0.29) is 12.5 Å². The van der Waals surface area contributed by atoms with Crippen LogP contribution in [0, 0.1) is 0 Å². The Labute approximate surface area is 117 Å². The van der Waals surface area contributed by atoms with Gasteiger partial charge in [0.25, 0.3) is 5.91 Å². The average Bonchev–Trinajstić information content (AvgIpc) is 2.92. The van der Waals surface area contributed by atoms with E-state index in [9.17, 15) is 4.79 Å². The highest BCUT2D eigenvalue weighted by molar-refractivity contribution is 5.93. The molecule has 1 saturated heterocycles. The van der Waals surface area contributed by atoms with Gasteiger partial charge in [-0.15, -0.1) is 0 Å². The molecule has 1 fully saturated rings. The lowest BCUT2D eigenvalue weighted by atomic mass is 10.3. The predicted molar refractivity (Wildman–Crippen MR) is 74.6 cm³/mol. The van der Waals surface area contributed by atoms with E-state index in [1.807, 2.05) is 33.7 Å². The van der Waals surface area contributed by atoms with Crippen molar-refractivity contribution < 1.29 is 9.90 Å². The highest BCUT2D eigenvalue weighted by Crippen LogP contribution is 2.11. The third-order valence-corrected chi connectivity index (χ3v) is 3.71. The van der Waals surface area contributed by atoms with Crippen LogP contribution >= 0.6 is 0 Å². The van der Waals surface area contributed by atoms with Crippen molar-refractivity contribution in [3.63, 3.8) is 0 Å². The molecule has 6 nitrogen and oxygen atoms in total. The molecule has 0 aliphatic carbocycles. The van der Waals surface area contributed by atoms with Gasteiger partial charge in [-0.1, -0.05) is 6.07 Å². The van der Waals surface area contributed by atoms with E-state index >= 15 is 0 Å². The molecule has 0 saturated carbocycles. The fraction of sp³-hybridized carbons (Fsp3) is 0.429. The molecule has 0 spiro atoms. The minimum atomic E-state index is 0.0207. The van der Waals surface area contributed by atoms with Gasteiger partial charge in [-0.2, -0.15) is 0 Å². The Bertz CT molecular complexity index is 602. The van der Waals surface area contributed by atoms with Crippen LogP contribution in [0.1, 0.15) is 10.5 Å². The topological polar surface area (TPSA) is 61.1 Å². The van der Waals surface area contributed by atoms with Crippen LogP contribution in [-0.2, 0) is 0 Å². The van der Waals surface area contributed by atoms with Crippen LogP contribution in [0.5, 0.6) is 0 Å². The Balaban J connectivity index is 1.74. The summed E-state index contributed by atoms with van der Waals surface area (Å²) < 4.78 is 1.82. The number of nitrogens with zero attached hydrogens (tertiary/aromatic N) is 4. The van der Waals surface area contributed by atoms with Gasteiger partial charge < -0.3 is 10.0 Å². The number of aromatic nitrogens is 2. The lowest BCUT2D eigenvalue weighted by Crippen LogP contribution is -2.49. The molecule has 2 aromatic heterocycles. The van der Waals surface area contributed by atoms with Crippen LogP contribution < -0.4 is 0 Å². The predicted octanol–water partition coefficient (Wildman–Crippen LogP) is 0.0844. The number of hydrogen-bond acceptors (Lipinski definition) is 4. The van der Waals surface area contributed by atoms with E-state index in [0.717, 1.165) is 18.7 Å². The molecule has 0 aromatic carbocycles. The van der Waals surface area contributed by atoms with Crippen LogP contribution in [0.3, 0.4) is 0 Å². The first-order valence-corrected chi connectivity index (χ1v) is 6.84. The Morgan fingerprint density at radius 1 is 1.25 bits per heavy atom. The zero-order chi connectivity index (χ0) is 13.9. The molecule has 1 aliphatic heterocycles. The number of β-amino-alcohol motifs (C(OH)–C–C–N with tert-alkyl or cyclic N) is 1. The summed E-state index contributed by atoms with van der Waals surface area (Å²) in [5.41, 5.74) is 1.39. The van der Waals surface area contributed by atoms with Crippen LogP contribution in [0.25, 0.3) is 5.65 Å². The molecule has 0 bridgehead atoms. The largest absolute Gasteiger partial charge is 0.395 e. The lowest BCUT2D eigenvalue weighted by molar-refractivity contribution is 0.0608. The second-order valence-electron chi connectivity index (χ2n) is 4.93. The average molecular weight is 274 g/mol. The van der Waals surface area contributed by atoms with Crippen LogP contribution in [0.2, 0.25) is 0 Å². The number of rotatable bonds is 3. The Morgan fingerprint density at radius 3 is 2.80 bits per heavy atom. The van der Waals surface area contributed by atoms with Gasteiger partial charge in [-0.05, 0) is 12.1 Å². The number of hydrogen-bond donors (Lipinski definition) is 1. The molecular formula is C14H18N4O2. The van der Waals surface area contributed by atoms with Gasteiger partial charge in [-0.3, -0.25) is 14.1 Å². The Morgan fingerprint density at radius 2 is 2.05 bits per heavy atom. The molecule has 106 valence electrons. The summed E-state index contributed by atoms with van der Waals surface area (Å²) in [5, 5.41) is 8.93. The molecule has 0 atom stereocenters. The lowest BCUT2D eigenvalue weighted by Gasteiger charge is -2.34. The van der Waals surface area contributed by atoms with Crippen LogP contribution in [-0.4, -0.2) is 69.5 Å². The number of aliphatic hydroxyl groups excluding tert-OH is 1. The summed E-state index contributed by atoms with van der Waals surface area (Å²) in [6, 6.07) is 5.69. The fourth-order valence-corrected chi connectivity index (χ4v) is 2.57. The van der Waals surface area contributed by atoms with Gasteiger partial charge >= 0.3 is 0 Å². The third kappa shape index (κ3) is 2.39. The van der Waals surface area contributed by atoms with Gasteiger partial charge in [0.2, 0.25) is 0 Å². The summed E-state index contributed by atoms with van der Waals surface area (Å²) in [4.78, 5) is 20.8. The minimum Gasteiger partial charge on any atom is -0.395 e. The molecule has 3 heterocycles. The maximum atomic E-state index is 12.5. The van der Waals surface area contributed by atoms with E-state index in [1.165, 1.54) is 0 Å². The third-order valence-electron chi connectivity index (χ3n) is 3.71. The molecule has 1 aliphatic rings. The van der Waals surface area contributed by atoms with Crippen molar-refractivity contribution in [2.45, 2.75) is 0 Å². The van der Waals surface area contributed by atoms with E-state index in [4.69, 9.17) is 5.11 Å². The summed E-state index contributed by atoms with van der Waals surface area (Å²) in [6.45, 7) is 3.85. The normalized spacial score (nSPS) is 16.8. The molecule has 3 rings (SSSR count). The summed E-state index contributed by atoms with van der Waals surface area (Å²) in [7, 11) is 0. The van der Waals surface area contributed by atoms with E-state index in [2.05, 4.69) is 9.88 Å². The highest BCUT2D eigenvalue weighted by atomic mass is 16.3. The molecule has 1 N–H and O–H groups in total. The maximum absolute atomic E-state index is 12.5. The number of carbonyl (C=O) groups is 1. The van der Waals surface area contributed by atoms with Crippen molar-refractivity contribution in [3.05, 3.63) is 36.3 Å². The molecule has 1 amide bonds. The van der Waals surface area contributed by atoms with Gasteiger partial charge in [-0.25, -0.2) is 4.98 Å². The van der Waals surface area contributed by atoms with Crippen molar-refractivity contribution in [3.8, 4) is 0 Å². The second kappa shape index (κ2) is 5.60. The number of amides is 1. The number of piperazine rings is 1. The molecule has 0 radical (unpaired) electrons. The van der Waals surface area contributed by atoms with E-state index in [1.54, 1.807) is 6.20 Å². The molecule has 6 heteroatoms. The molecule has 2 aromatic rings. The van der Waals surface area contributed by atoms with Crippen LogP contribution in [0.15, 0.2) is 30.6 Å². The van der Waals surface area contributed by atoms with Crippen molar-refractivity contribution in [1.29, 1.82) is 0 Å². The Hall–Kier alpha value is -1.92. The number of aliphatic hydroxyl groups is 1. The van der Waals surface area contributed by atoms with Crippen LogP contribution in [0.4, 0.5) is 0 Å². The first-order valence-electron chi connectivity index (χ1n) is 6.84. The molecular weight excluding hydrogens is 256 g/mol. The standard InChI is InChI=1S/C14H18N4O2/c19-10-9-16-5-7-17(8-6-16)14(20)12-11-15-13-3-1-2-4-18(12)13/h1-4,11,19H,5-10H2. The first kappa shape index (κ1) is 13.1. The monoisotopic (exact) mass is 274 g/mol. The van der Waals surface area contributed by atoms with Crippen molar-refractivity contribution in [2.24, 2.45) is 0 Å². The maximum Gasteiger partial charge on any atom is 0.272 e. The summed E-state index contributed by atoms with van der Waals surface area (Å²) in [6.07, 6.45) is 3.50. The highest BCUT2D eigenvalue weighted by Gasteiger charge is 2.23. The summed E-state index contributed by atoms with van der Waals surface area (Å²) >= 11 is 0. The van der Waals surface area contributed by atoms with E-state index in [0.29, 0.717) is 25.3 Å².